The summed E-state index contributed by atoms with van der Waals surface area (Å²) < 4.78 is 48.1. The molecule has 2 aromatic rings. The lowest BCUT2D eigenvalue weighted by Crippen LogP contribution is -2.09. The van der Waals surface area contributed by atoms with E-state index in [-0.39, 0.29) is 4.21 Å². The van der Waals surface area contributed by atoms with Gasteiger partial charge in [-0.05, 0) is 46.3 Å². The molecule has 0 fully saturated rings. The van der Waals surface area contributed by atoms with Crippen molar-refractivity contribution < 1.29 is 17.0 Å². The van der Waals surface area contributed by atoms with Gasteiger partial charge in [0, 0.05) is 9.37 Å². The predicted molar refractivity (Wildman–Crippen MR) is 74.5 cm³/mol. The van der Waals surface area contributed by atoms with Crippen molar-refractivity contribution in [3.05, 3.63) is 40.6 Å². The number of nitrogens with two attached hydrogens (primary N) is 1. The quantitative estimate of drug-likeness (QED) is 0.883. The van der Waals surface area contributed by atoms with E-state index in [4.69, 9.17) is 5.14 Å². The Labute approximate surface area is 124 Å². The van der Waals surface area contributed by atoms with Crippen LogP contribution in [0.1, 0.15) is 0 Å². The van der Waals surface area contributed by atoms with Gasteiger partial charge in [-0.15, -0.1) is 11.3 Å². The summed E-state index contributed by atoms with van der Waals surface area (Å²) in [6.07, 6.45) is 0. The van der Waals surface area contributed by atoms with Gasteiger partial charge in [0.1, 0.15) is 14.2 Å². The number of hydrogen-bond donors (Lipinski definition) is 1. The molecule has 2 rings (SSSR count). The van der Waals surface area contributed by atoms with Gasteiger partial charge in [0.15, 0.2) is 0 Å². The molecule has 0 saturated heterocycles. The predicted octanol–water partition coefficient (Wildman–Crippen LogP) is 2.46. The fraction of sp³-hybridized carbons (Fsp3) is 0. The summed E-state index contributed by atoms with van der Waals surface area (Å²) in [6.45, 7) is 0. The van der Waals surface area contributed by atoms with E-state index in [1.807, 2.05) is 0 Å². The summed E-state index contributed by atoms with van der Waals surface area (Å²) >= 11 is 3.97. The van der Waals surface area contributed by atoms with Gasteiger partial charge in [-0.1, -0.05) is 0 Å². The lowest BCUT2D eigenvalue weighted by molar-refractivity contribution is 0.599. The lowest BCUT2D eigenvalue weighted by atomic mass is 10.4. The first-order valence-corrected chi connectivity index (χ1v) is 9.09. The average Bonchev–Trinajstić information content (AvgIpc) is 2.71. The molecule has 0 aliphatic heterocycles. The Hall–Kier alpha value is -0.610. The zero-order valence-corrected chi connectivity index (χ0v) is 13.2. The van der Waals surface area contributed by atoms with E-state index in [1.54, 1.807) is 0 Å². The SMILES string of the molecule is NS(=O)(=O)c1cc(Br)c(S(=O)c2ccc(F)cc2)s1. The van der Waals surface area contributed by atoms with Crippen LogP contribution in [0.15, 0.2) is 48.1 Å². The molecule has 0 aliphatic rings. The van der Waals surface area contributed by atoms with E-state index in [2.05, 4.69) is 15.9 Å². The van der Waals surface area contributed by atoms with Crippen molar-refractivity contribution in [2.24, 2.45) is 5.14 Å². The Bertz CT molecular complexity index is 740. The van der Waals surface area contributed by atoms with Gasteiger partial charge in [-0.2, -0.15) is 0 Å². The van der Waals surface area contributed by atoms with E-state index in [0.29, 0.717) is 13.6 Å². The topological polar surface area (TPSA) is 77.2 Å². The summed E-state index contributed by atoms with van der Waals surface area (Å²) in [4.78, 5) is 0.380. The highest BCUT2D eigenvalue weighted by molar-refractivity contribution is 9.10. The molecule has 9 heteroatoms. The number of benzene rings is 1. The van der Waals surface area contributed by atoms with Gasteiger partial charge in [0.25, 0.3) is 0 Å². The van der Waals surface area contributed by atoms with Crippen molar-refractivity contribution in [3.63, 3.8) is 0 Å². The fourth-order valence-corrected chi connectivity index (χ4v) is 5.84. The summed E-state index contributed by atoms with van der Waals surface area (Å²) in [7, 11) is -5.43. The van der Waals surface area contributed by atoms with Crippen LogP contribution >= 0.6 is 27.3 Å². The Balaban J connectivity index is 2.45. The number of halogens is 2. The van der Waals surface area contributed by atoms with Crippen molar-refractivity contribution in [1.29, 1.82) is 0 Å². The minimum absolute atomic E-state index is 0.0789. The van der Waals surface area contributed by atoms with Gasteiger partial charge in [-0.25, -0.2) is 22.2 Å². The van der Waals surface area contributed by atoms with Gasteiger partial charge in [-0.3, -0.25) is 0 Å². The van der Waals surface area contributed by atoms with Crippen molar-refractivity contribution in [2.75, 3.05) is 0 Å². The van der Waals surface area contributed by atoms with Crippen LogP contribution in [0.2, 0.25) is 0 Å². The van der Waals surface area contributed by atoms with Crippen molar-refractivity contribution in [2.45, 2.75) is 13.3 Å². The van der Waals surface area contributed by atoms with Crippen LogP contribution in [0, 0.1) is 5.82 Å². The highest BCUT2D eigenvalue weighted by atomic mass is 79.9. The zero-order valence-electron chi connectivity index (χ0n) is 9.17. The van der Waals surface area contributed by atoms with Gasteiger partial charge >= 0.3 is 0 Å². The summed E-state index contributed by atoms with van der Waals surface area (Å²) in [5, 5.41) is 5.01. The minimum atomic E-state index is -3.83. The number of thiophene rings is 1. The normalized spacial score (nSPS) is 13.4. The molecular weight excluding hydrogens is 377 g/mol. The Morgan fingerprint density at radius 2 is 1.84 bits per heavy atom. The molecule has 0 spiro atoms. The number of hydrogen-bond acceptors (Lipinski definition) is 4. The fourth-order valence-electron chi connectivity index (χ4n) is 1.26. The summed E-state index contributed by atoms with van der Waals surface area (Å²) in [5.41, 5.74) is 0. The van der Waals surface area contributed by atoms with E-state index in [9.17, 15) is 17.0 Å². The van der Waals surface area contributed by atoms with Crippen molar-refractivity contribution in [3.8, 4) is 0 Å². The number of primary sulfonamides is 1. The molecular formula is C10H7BrFNO3S3. The molecule has 4 nitrogen and oxygen atoms in total. The molecule has 0 amide bonds. The standard InChI is InChI=1S/C10H7BrFNO3S3/c11-8-5-9(19(13,15)16)17-10(8)18(14)7-3-1-6(12)2-4-7/h1-5H,(H2,13,15,16). The third-order valence-corrected chi connectivity index (χ3v) is 7.57. The molecule has 1 atom stereocenters. The first kappa shape index (κ1) is 14.8. The monoisotopic (exact) mass is 383 g/mol. The Morgan fingerprint density at radius 1 is 1.26 bits per heavy atom. The van der Waals surface area contributed by atoms with E-state index >= 15 is 0 Å². The summed E-state index contributed by atoms with van der Waals surface area (Å²) in [5.74, 6) is -0.434. The highest BCUT2D eigenvalue weighted by Gasteiger charge is 2.20. The largest absolute Gasteiger partial charge is 0.248 e. The Morgan fingerprint density at radius 3 is 2.32 bits per heavy atom. The lowest BCUT2D eigenvalue weighted by Gasteiger charge is -1.99. The zero-order chi connectivity index (χ0) is 14.2. The van der Waals surface area contributed by atoms with E-state index in [0.717, 1.165) is 11.3 Å². The maximum Gasteiger partial charge on any atom is 0.247 e. The van der Waals surface area contributed by atoms with Gasteiger partial charge in [0.2, 0.25) is 10.0 Å². The number of sulfonamides is 1. The molecule has 19 heavy (non-hydrogen) atoms. The molecule has 102 valence electrons. The maximum absolute atomic E-state index is 12.8. The molecule has 0 bridgehead atoms. The van der Waals surface area contributed by atoms with Crippen LogP contribution in [0.25, 0.3) is 0 Å². The van der Waals surface area contributed by atoms with E-state index in [1.165, 1.54) is 30.3 Å². The average molecular weight is 384 g/mol. The molecule has 1 aromatic heterocycles. The van der Waals surface area contributed by atoms with Crippen LogP contribution in [-0.2, 0) is 20.8 Å². The van der Waals surface area contributed by atoms with E-state index < -0.39 is 26.6 Å². The first-order chi connectivity index (χ1) is 8.79. The molecule has 1 heterocycles. The van der Waals surface area contributed by atoms with Gasteiger partial charge < -0.3 is 0 Å². The molecule has 0 radical (unpaired) electrons. The van der Waals surface area contributed by atoms with Crippen LogP contribution in [-0.4, -0.2) is 12.6 Å². The van der Waals surface area contributed by atoms with Crippen LogP contribution in [0.5, 0.6) is 0 Å². The Kier molecular flexibility index (Phi) is 4.21. The van der Waals surface area contributed by atoms with Crippen LogP contribution in [0.4, 0.5) is 4.39 Å². The molecule has 2 N–H and O–H groups in total. The maximum atomic E-state index is 12.8. The molecule has 0 aliphatic carbocycles. The smallest absolute Gasteiger partial charge is 0.247 e. The van der Waals surface area contributed by atoms with Crippen molar-refractivity contribution >= 4 is 48.1 Å². The second kappa shape index (κ2) is 5.41. The molecule has 0 saturated carbocycles. The second-order valence-electron chi connectivity index (χ2n) is 3.47. The second-order valence-corrected chi connectivity index (χ2v) is 8.84. The third kappa shape index (κ3) is 3.29. The van der Waals surface area contributed by atoms with Gasteiger partial charge in [0.05, 0.1) is 10.8 Å². The minimum Gasteiger partial charge on any atom is -0.248 e. The van der Waals surface area contributed by atoms with Crippen LogP contribution < -0.4 is 5.14 Å². The van der Waals surface area contributed by atoms with Crippen LogP contribution in [0.3, 0.4) is 0 Å². The third-order valence-electron chi connectivity index (χ3n) is 2.11. The van der Waals surface area contributed by atoms with Crippen molar-refractivity contribution in [1.82, 2.24) is 0 Å². The molecule has 1 aromatic carbocycles. The number of rotatable bonds is 3. The summed E-state index contributed by atoms with van der Waals surface area (Å²) in [6, 6.07) is 6.45. The molecule has 1 unspecified atom stereocenters. The first-order valence-electron chi connectivity index (χ1n) is 4.78. The highest BCUT2D eigenvalue weighted by Crippen LogP contribution is 2.34.